The smallest absolute Gasteiger partial charge is 0.323 e. The molecule has 176 valence electrons. The number of carbonyl (C=O) groups is 3. The van der Waals surface area contributed by atoms with E-state index in [0.717, 1.165) is 27.9 Å². The van der Waals surface area contributed by atoms with E-state index in [1.807, 2.05) is 22.8 Å². The lowest BCUT2D eigenvalue weighted by molar-refractivity contribution is -0.137. The number of hydrogen-bond acceptors (Lipinski definition) is 4. The molecule has 2 aromatic heterocycles. The molecule has 9 nitrogen and oxygen atoms in total. The molecular weight excluding hydrogens is 441 g/mol. The molecule has 1 saturated heterocycles. The van der Waals surface area contributed by atoms with Crippen LogP contribution in [-0.2, 0) is 29.1 Å². The number of fused-ring (bicyclic) bond motifs is 3. The molecule has 4 heterocycles. The molecule has 0 aliphatic carbocycles. The fourth-order valence-electron chi connectivity index (χ4n) is 4.81. The van der Waals surface area contributed by atoms with Gasteiger partial charge in [-0.3, -0.25) is 9.59 Å². The molecule has 34 heavy (non-hydrogen) atoms. The zero-order valence-electron chi connectivity index (χ0n) is 18.5. The molecule has 0 radical (unpaired) electrons. The molecule has 5 rings (SSSR count). The highest BCUT2D eigenvalue weighted by atomic mass is 19.1. The van der Waals surface area contributed by atoms with E-state index in [1.54, 1.807) is 17.2 Å². The summed E-state index contributed by atoms with van der Waals surface area (Å²) >= 11 is 0. The Bertz CT molecular complexity index is 1290. The summed E-state index contributed by atoms with van der Waals surface area (Å²) in [4.78, 5) is 45.4. The zero-order chi connectivity index (χ0) is 23.8. The summed E-state index contributed by atoms with van der Waals surface area (Å²) in [6, 6.07) is 9.90. The third-order valence-corrected chi connectivity index (χ3v) is 6.43. The lowest BCUT2D eigenvalue weighted by Gasteiger charge is -2.30. The van der Waals surface area contributed by atoms with Crippen LogP contribution < -0.4 is 0 Å². The number of carbonyl (C=O) groups excluding carboxylic acids is 2. The van der Waals surface area contributed by atoms with Crippen LogP contribution in [0.3, 0.4) is 0 Å². The van der Waals surface area contributed by atoms with Gasteiger partial charge in [-0.2, -0.15) is 0 Å². The Balaban J connectivity index is 1.37. The van der Waals surface area contributed by atoms with E-state index >= 15 is 0 Å². The summed E-state index contributed by atoms with van der Waals surface area (Å²) in [7, 11) is 0. The average Bonchev–Trinajstić information content (AvgIpc) is 3.31. The largest absolute Gasteiger partial charge is 0.480 e. The average molecular weight is 465 g/mol. The maximum atomic E-state index is 13.8. The van der Waals surface area contributed by atoms with Crippen molar-refractivity contribution >= 4 is 28.9 Å². The van der Waals surface area contributed by atoms with Gasteiger partial charge in [-0.1, -0.05) is 12.1 Å². The molecule has 0 atom stereocenters. The van der Waals surface area contributed by atoms with Crippen molar-refractivity contribution in [2.45, 2.75) is 19.5 Å². The number of aliphatic carboxylic acids is 1. The van der Waals surface area contributed by atoms with Crippen LogP contribution in [0, 0.1) is 5.82 Å². The number of aromatic nitrogens is 2. The van der Waals surface area contributed by atoms with Gasteiger partial charge in [0.15, 0.2) is 0 Å². The number of rotatable bonds is 6. The zero-order valence-corrected chi connectivity index (χ0v) is 18.5. The van der Waals surface area contributed by atoms with Gasteiger partial charge in [0.2, 0.25) is 5.91 Å². The van der Waals surface area contributed by atoms with E-state index < -0.39 is 12.0 Å². The monoisotopic (exact) mass is 465 g/mol. The predicted molar refractivity (Wildman–Crippen MR) is 121 cm³/mol. The molecule has 0 unspecified atom stereocenters. The van der Waals surface area contributed by atoms with Gasteiger partial charge in [-0.15, -0.1) is 0 Å². The molecule has 3 amide bonds. The first-order chi connectivity index (χ1) is 16.4. The van der Waals surface area contributed by atoms with Crippen molar-refractivity contribution in [3.63, 3.8) is 0 Å². The number of pyridine rings is 1. The molecule has 2 aliphatic heterocycles. The molecule has 1 N–H and O–H groups in total. The van der Waals surface area contributed by atoms with Gasteiger partial charge in [0.25, 0.3) is 0 Å². The second kappa shape index (κ2) is 8.77. The number of carboxylic acid groups (broad SMARTS) is 1. The first-order valence-corrected chi connectivity index (χ1v) is 11.1. The molecule has 2 aliphatic rings. The van der Waals surface area contributed by atoms with Crippen LogP contribution in [-0.4, -0.2) is 80.0 Å². The summed E-state index contributed by atoms with van der Waals surface area (Å²) in [5.74, 6) is -1.57. The fraction of sp³-hybridized carbons (Fsp3) is 0.333. The maximum absolute atomic E-state index is 13.8. The van der Waals surface area contributed by atoms with Crippen LogP contribution in [0.2, 0.25) is 0 Å². The van der Waals surface area contributed by atoms with Crippen LogP contribution in [0.1, 0.15) is 16.8 Å². The van der Waals surface area contributed by atoms with Crippen molar-refractivity contribution < 1.29 is 23.9 Å². The number of hydrogen-bond donors (Lipinski definition) is 1. The lowest BCUT2D eigenvalue weighted by Crippen LogP contribution is -2.44. The van der Waals surface area contributed by atoms with E-state index in [4.69, 9.17) is 5.11 Å². The highest BCUT2D eigenvalue weighted by molar-refractivity contribution is 5.88. The minimum atomic E-state index is -1.08. The fourth-order valence-corrected chi connectivity index (χ4v) is 4.81. The second-order valence-corrected chi connectivity index (χ2v) is 8.60. The molecule has 0 bridgehead atoms. The number of halogens is 1. The van der Waals surface area contributed by atoms with Crippen molar-refractivity contribution in [2.75, 3.05) is 32.7 Å². The number of amides is 3. The van der Waals surface area contributed by atoms with Gasteiger partial charge in [-0.25, -0.2) is 14.2 Å². The number of urea groups is 1. The van der Waals surface area contributed by atoms with Crippen molar-refractivity contribution in [2.24, 2.45) is 0 Å². The molecule has 0 spiro atoms. The molecular formula is C24H24FN5O4. The van der Waals surface area contributed by atoms with E-state index in [2.05, 4.69) is 4.98 Å². The second-order valence-electron chi connectivity index (χ2n) is 8.60. The quantitative estimate of drug-likeness (QED) is 0.600. The maximum Gasteiger partial charge on any atom is 0.323 e. The Morgan fingerprint density at radius 3 is 2.62 bits per heavy atom. The number of benzene rings is 1. The summed E-state index contributed by atoms with van der Waals surface area (Å²) in [6.45, 7) is 1.45. The van der Waals surface area contributed by atoms with Crippen molar-refractivity contribution in [1.29, 1.82) is 0 Å². The van der Waals surface area contributed by atoms with Gasteiger partial charge in [0, 0.05) is 43.5 Å². The van der Waals surface area contributed by atoms with Crippen molar-refractivity contribution in [3.8, 4) is 0 Å². The van der Waals surface area contributed by atoms with E-state index in [-0.39, 0.29) is 31.4 Å². The summed E-state index contributed by atoms with van der Waals surface area (Å²) in [5.41, 5.74) is 3.69. The van der Waals surface area contributed by atoms with Gasteiger partial charge in [-0.05, 0) is 41.8 Å². The van der Waals surface area contributed by atoms with Crippen molar-refractivity contribution in [3.05, 3.63) is 65.2 Å². The lowest BCUT2D eigenvalue weighted by atomic mass is 10.0. The van der Waals surface area contributed by atoms with E-state index in [1.165, 1.54) is 21.9 Å². The summed E-state index contributed by atoms with van der Waals surface area (Å²) in [5, 5.41) is 9.98. The predicted octanol–water partition coefficient (Wildman–Crippen LogP) is 1.93. The highest BCUT2D eigenvalue weighted by Gasteiger charge is 2.33. The molecule has 1 aromatic carbocycles. The Labute approximate surface area is 195 Å². The Kier molecular flexibility index (Phi) is 5.64. The van der Waals surface area contributed by atoms with Crippen LogP contribution in [0.25, 0.3) is 11.0 Å². The molecule has 1 fully saturated rings. The van der Waals surface area contributed by atoms with Crippen LogP contribution in [0.15, 0.2) is 42.6 Å². The van der Waals surface area contributed by atoms with Gasteiger partial charge in [0.05, 0.1) is 6.54 Å². The summed E-state index contributed by atoms with van der Waals surface area (Å²) in [6.07, 6.45) is 2.37. The Hall–Kier alpha value is -3.95. The Morgan fingerprint density at radius 1 is 1.06 bits per heavy atom. The molecule has 3 aromatic rings. The highest BCUT2D eigenvalue weighted by Crippen LogP contribution is 2.30. The Morgan fingerprint density at radius 2 is 1.85 bits per heavy atom. The number of carboxylic acids is 1. The number of nitrogens with zero attached hydrogens (tertiary/aromatic N) is 5. The SMILES string of the molecule is O=C(O)CN1CCN(CC(=O)N2CCc3c(n(Cc4cccc(F)c4)c4ncccc34)C2)C1=O. The molecule has 10 heteroatoms. The van der Waals surface area contributed by atoms with Crippen LogP contribution in [0.5, 0.6) is 0 Å². The standard InChI is InChI=1S/C24H24FN5O4/c25-17-4-1-3-16(11-17)12-30-20-13-27(8-6-18(20)19-5-2-7-26-23(19)30)21(31)14-28-9-10-29(24(28)34)15-22(32)33/h1-5,7,11H,6,8-10,12-15H2,(H,32,33). The van der Waals surface area contributed by atoms with Crippen molar-refractivity contribution in [1.82, 2.24) is 24.3 Å². The minimum Gasteiger partial charge on any atom is -0.480 e. The topological polar surface area (TPSA) is 99.0 Å². The van der Waals surface area contributed by atoms with Crippen LogP contribution in [0.4, 0.5) is 9.18 Å². The van der Waals surface area contributed by atoms with E-state index in [9.17, 15) is 18.8 Å². The first-order valence-electron chi connectivity index (χ1n) is 11.1. The van der Waals surface area contributed by atoms with E-state index in [0.29, 0.717) is 32.6 Å². The minimum absolute atomic E-state index is 0.0906. The van der Waals surface area contributed by atoms with Gasteiger partial charge >= 0.3 is 12.0 Å². The van der Waals surface area contributed by atoms with Crippen LogP contribution >= 0.6 is 0 Å². The summed E-state index contributed by atoms with van der Waals surface area (Å²) < 4.78 is 15.8. The normalized spacial score (nSPS) is 15.8. The third kappa shape index (κ3) is 4.07. The van der Waals surface area contributed by atoms with Gasteiger partial charge < -0.3 is 24.4 Å². The van der Waals surface area contributed by atoms with Gasteiger partial charge in [0.1, 0.15) is 24.6 Å². The molecule has 0 saturated carbocycles. The first kappa shape index (κ1) is 21.9. The third-order valence-electron chi connectivity index (χ3n) is 6.43.